The van der Waals surface area contributed by atoms with E-state index in [4.69, 9.17) is 0 Å². The van der Waals surface area contributed by atoms with Crippen molar-refractivity contribution in [1.29, 1.82) is 0 Å². The molecule has 76 valence electrons. The van der Waals surface area contributed by atoms with Gasteiger partial charge in [0, 0.05) is 23.6 Å². The van der Waals surface area contributed by atoms with E-state index in [1.165, 1.54) is 0 Å². The van der Waals surface area contributed by atoms with Gasteiger partial charge in [0.15, 0.2) is 9.84 Å². The van der Waals surface area contributed by atoms with Crippen LogP contribution in [0.3, 0.4) is 0 Å². The molecule has 3 nitrogen and oxygen atoms in total. The molecule has 0 aliphatic carbocycles. The summed E-state index contributed by atoms with van der Waals surface area (Å²) in [6.07, 6.45) is 0. The van der Waals surface area contributed by atoms with Gasteiger partial charge >= 0.3 is 0 Å². The number of sulfone groups is 1. The summed E-state index contributed by atoms with van der Waals surface area (Å²) in [7, 11) is -2.74. The lowest BCUT2D eigenvalue weighted by Crippen LogP contribution is -2.48. The third kappa shape index (κ3) is 2.19. The van der Waals surface area contributed by atoms with Crippen LogP contribution in [0.15, 0.2) is 0 Å². The first-order valence-corrected chi connectivity index (χ1v) is 7.59. The second-order valence-corrected chi connectivity index (χ2v) is 7.29. The molecular weight excluding hydrogens is 206 g/mol. The van der Waals surface area contributed by atoms with Gasteiger partial charge in [0.1, 0.15) is 0 Å². The van der Waals surface area contributed by atoms with Gasteiger partial charge in [0.2, 0.25) is 0 Å². The highest BCUT2D eigenvalue weighted by atomic mass is 32.2. The van der Waals surface area contributed by atoms with Crippen molar-refractivity contribution < 1.29 is 8.42 Å². The first-order valence-electron chi connectivity index (χ1n) is 4.61. The molecule has 0 amide bonds. The van der Waals surface area contributed by atoms with Crippen LogP contribution in [0.4, 0.5) is 0 Å². The van der Waals surface area contributed by atoms with E-state index in [1.807, 2.05) is 18.7 Å². The van der Waals surface area contributed by atoms with E-state index in [-0.39, 0.29) is 12.0 Å². The molecular formula is C8H15NO2S2. The molecule has 2 heterocycles. The highest BCUT2D eigenvalue weighted by Crippen LogP contribution is 2.23. The van der Waals surface area contributed by atoms with E-state index >= 15 is 0 Å². The largest absolute Gasteiger partial charge is 0.308 e. The molecule has 2 fully saturated rings. The fourth-order valence-corrected chi connectivity index (χ4v) is 4.67. The normalized spacial score (nSPS) is 38.8. The molecule has 1 N–H and O–H groups in total. The Bertz CT molecular complexity index is 285. The molecule has 0 aromatic rings. The molecule has 2 saturated heterocycles. The minimum absolute atomic E-state index is 0.205. The van der Waals surface area contributed by atoms with Crippen molar-refractivity contribution in [3.8, 4) is 0 Å². The molecule has 2 aliphatic heterocycles. The van der Waals surface area contributed by atoms with Crippen LogP contribution in [0.2, 0.25) is 0 Å². The summed E-state index contributed by atoms with van der Waals surface area (Å²) in [6, 6.07) is 0.765. The Morgan fingerprint density at radius 2 is 2.00 bits per heavy atom. The standard InChI is InChI=1S/C8H15NO2S2/c1-6-4-13(10,11)5-8(6)9-7-2-12-3-7/h6-9H,2-5H2,1H3/t6-,8-/m1/s1. The second-order valence-electron chi connectivity index (χ2n) is 4.06. The van der Waals surface area contributed by atoms with Crippen molar-refractivity contribution in [1.82, 2.24) is 5.32 Å². The fourth-order valence-electron chi connectivity index (χ4n) is 1.87. The smallest absolute Gasteiger partial charge is 0.152 e. The van der Waals surface area contributed by atoms with Gasteiger partial charge in [0.25, 0.3) is 0 Å². The zero-order valence-corrected chi connectivity index (χ0v) is 9.33. The lowest BCUT2D eigenvalue weighted by molar-refractivity contribution is 0.417. The molecule has 5 heteroatoms. The van der Waals surface area contributed by atoms with Gasteiger partial charge < -0.3 is 5.32 Å². The summed E-state index contributed by atoms with van der Waals surface area (Å²) in [5, 5.41) is 3.42. The Morgan fingerprint density at radius 3 is 2.38 bits per heavy atom. The Hall–Kier alpha value is 0.260. The van der Waals surface area contributed by atoms with Gasteiger partial charge in [-0.15, -0.1) is 0 Å². The van der Waals surface area contributed by atoms with Gasteiger partial charge in [-0.05, 0) is 5.92 Å². The maximum absolute atomic E-state index is 11.3. The van der Waals surface area contributed by atoms with Crippen molar-refractivity contribution in [3.63, 3.8) is 0 Å². The lowest BCUT2D eigenvalue weighted by Gasteiger charge is -2.30. The van der Waals surface area contributed by atoms with Crippen LogP contribution >= 0.6 is 11.8 Å². The van der Waals surface area contributed by atoms with Crippen LogP contribution in [0.25, 0.3) is 0 Å². The minimum atomic E-state index is -2.74. The third-order valence-corrected chi connectivity index (χ3v) is 5.90. The number of nitrogens with one attached hydrogen (secondary N) is 1. The molecule has 2 atom stereocenters. The van der Waals surface area contributed by atoms with Gasteiger partial charge in [-0.1, -0.05) is 6.92 Å². The quantitative estimate of drug-likeness (QED) is 0.720. The molecule has 0 unspecified atom stereocenters. The van der Waals surface area contributed by atoms with E-state index in [1.54, 1.807) is 0 Å². The van der Waals surface area contributed by atoms with E-state index in [0.717, 1.165) is 11.5 Å². The molecule has 0 radical (unpaired) electrons. The summed E-state index contributed by atoms with van der Waals surface area (Å²) >= 11 is 1.92. The zero-order chi connectivity index (χ0) is 9.47. The number of hydrogen-bond acceptors (Lipinski definition) is 4. The molecule has 0 aromatic carbocycles. The monoisotopic (exact) mass is 221 g/mol. The zero-order valence-electron chi connectivity index (χ0n) is 7.69. The van der Waals surface area contributed by atoms with Crippen molar-refractivity contribution in [3.05, 3.63) is 0 Å². The maximum atomic E-state index is 11.3. The topological polar surface area (TPSA) is 46.2 Å². The first kappa shape index (κ1) is 9.80. The minimum Gasteiger partial charge on any atom is -0.308 e. The third-order valence-electron chi connectivity index (χ3n) is 2.73. The van der Waals surface area contributed by atoms with Crippen molar-refractivity contribution in [2.75, 3.05) is 23.0 Å². The van der Waals surface area contributed by atoms with Crippen molar-refractivity contribution in [2.45, 2.75) is 19.0 Å². The van der Waals surface area contributed by atoms with Crippen LogP contribution in [0.5, 0.6) is 0 Å². The van der Waals surface area contributed by atoms with E-state index in [0.29, 0.717) is 17.5 Å². The maximum Gasteiger partial charge on any atom is 0.152 e. The van der Waals surface area contributed by atoms with Crippen molar-refractivity contribution in [2.24, 2.45) is 5.92 Å². The molecule has 0 aromatic heterocycles. The van der Waals surface area contributed by atoms with E-state index in [9.17, 15) is 8.42 Å². The Balaban J connectivity index is 1.92. The van der Waals surface area contributed by atoms with E-state index in [2.05, 4.69) is 5.32 Å². The highest BCUT2D eigenvalue weighted by Gasteiger charge is 2.36. The summed E-state index contributed by atoms with van der Waals surface area (Å²) in [5.74, 6) is 3.28. The van der Waals surface area contributed by atoms with Gasteiger partial charge in [-0.3, -0.25) is 0 Å². The van der Waals surface area contributed by atoms with Gasteiger partial charge in [-0.25, -0.2) is 8.42 Å². The Morgan fingerprint density at radius 1 is 1.31 bits per heavy atom. The highest BCUT2D eigenvalue weighted by molar-refractivity contribution is 8.00. The van der Waals surface area contributed by atoms with Crippen LogP contribution in [0, 0.1) is 5.92 Å². The Kier molecular flexibility index (Phi) is 2.59. The second kappa shape index (κ2) is 3.44. The number of thioether (sulfide) groups is 1. The van der Waals surface area contributed by atoms with Gasteiger partial charge in [-0.2, -0.15) is 11.8 Å². The first-order chi connectivity index (χ1) is 6.07. The average molecular weight is 221 g/mol. The molecule has 13 heavy (non-hydrogen) atoms. The summed E-state index contributed by atoms with van der Waals surface area (Å²) in [5.41, 5.74) is 0. The summed E-state index contributed by atoms with van der Waals surface area (Å²) < 4.78 is 22.6. The lowest BCUT2D eigenvalue weighted by atomic mass is 10.1. The molecule has 0 saturated carbocycles. The molecule has 2 rings (SSSR count). The number of hydrogen-bond donors (Lipinski definition) is 1. The number of rotatable bonds is 2. The average Bonchev–Trinajstić information content (AvgIpc) is 2.16. The van der Waals surface area contributed by atoms with Crippen LogP contribution in [0.1, 0.15) is 6.92 Å². The van der Waals surface area contributed by atoms with E-state index < -0.39 is 9.84 Å². The Labute approximate surface area is 83.6 Å². The predicted octanol–water partition coefficient (Wildman–Crippen LogP) is 0.125. The van der Waals surface area contributed by atoms with Crippen LogP contribution in [-0.2, 0) is 9.84 Å². The molecule has 0 bridgehead atoms. The van der Waals surface area contributed by atoms with Crippen LogP contribution in [-0.4, -0.2) is 43.5 Å². The summed E-state index contributed by atoms with van der Waals surface area (Å²) in [4.78, 5) is 0. The SMILES string of the molecule is C[C@@H]1CS(=O)(=O)C[C@H]1NC1CSC1. The summed E-state index contributed by atoms with van der Waals surface area (Å²) in [6.45, 7) is 2.02. The molecule has 0 spiro atoms. The predicted molar refractivity (Wildman–Crippen MR) is 55.9 cm³/mol. The van der Waals surface area contributed by atoms with Gasteiger partial charge in [0.05, 0.1) is 11.5 Å². The fraction of sp³-hybridized carbons (Fsp3) is 1.00. The van der Waals surface area contributed by atoms with Crippen molar-refractivity contribution >= 4 is 21.6 Å². The molecule has 2 aliphatic rings. The van der Waals surface area contributed by atoms with Crippen LogP contribution < -0.4 is 5.32 Å².